The largest absolute Gasteiger partial charge is 0.303 e. The topological polar surface area (TPSA) is 32.5 Å². The van der Waals surface area contributed by atoms with Crippen molar-refractivity contribution in [2.24, 2.45) is 5.73 Å². The van der Waals surface area contributed by atoms with Gasteiger partial charge in [0.1, 0.15) is 6.29 Å². The van der Waals surface area contributed by atoms with E-state index in [1.807, 2.05) is 0 Å². The highest BCUT2D eigenvalue weighted by molar-refractivity contribution is 4.77. The lowest BCUT2D eigenvalue weighted by Gasteiger charge is -2.27. The Balaban J connectivity index is 2.49. The molecule has 2 N–H and O–H groups in total. The van der Waals surface area contributed by atoms with Crippen molar-refractivity contribution >= 4 is 0 Å². The van der Waals surface area contributed by atoms with Crippen LogP contribution in [0.15, 0.2) is 0 Å². The summed E-state index contributed by atoms with van der Waals surface area (Å²) in [6.07, 6.45) is 0.139. The van der Waals surface area contributed by atoms with E-state index >= 15 is 0 Å². The molecule has 1 heterocycles. The first-order chi connectivity index (χ1) is 4.63. The number of nitrogens with two attached hydrogens (primary N) is 1. The third-order valence-electron chi connectivity index (χ3n) is 2.17. The number of hydrogen-bond acceptors (Lipinski definition) is 3. The van der Waals surface area contributed by atoms with Crippen molar-refractivity contribution in [1.29, 1.82) is 0 Å². The molecule has 0 spiro atoms. The summed E-state index contributed by atoms with van der Waals surface area (Å²) in [6, 6.07) is 0.569. The smallest absolute Gasteiger partial charge is 0.114 e. The molecule has 0 aliphatic carbocycles. The lowest BCUT2D eigenvalue weighted by molar-refractivity contribution is 0.134. The van der Waals surface area contributed by atoms with Crippen LogP contribution in [0.5, 0.6) is 0 Å². The van der Waals surface area contributed by atoms with Crippen LogP contribution in [-0.4, -0.2) is 42.3 Å². The predicted molar refractivity (Wildman–Crippen MR) is 42.4 cm³/mol. The Hall–Kier alpha value is -0.120. The zero-order valence-corrected chi connectivity index (χ0v) is 7.04. The maximum Gasteiger partial charge on any atom is 0.114 e. The molecule has 1 fully saturated rings. The number of nitrogens with zero attached hydrogens (tertiary/aromatic N) is 2. The van der Waals surface area contributed by atoms with E-state index in [4.69, 9.17) is 5.73 Å². The Kier molecular flexibility index (Phi) is 2.28. The first-order valence-corrected chi connectivity index (χ1v) is 3.84. The van der Waals surface area contributed by atoms with Crippen LogP contribution in [-0.2, 0) is 0 Å². The highest BCUT2D eigenvalue weighted by atomic mass is 15.5. The molecule has 1 atom stereocenters. The fourth-order valence-corrected chi connectivity index (χ4v) is 1.35. The molecule has 0 aromatic carbocycles. The van der Waals surface area contributed by atoms with Gasteiger partial charge in [-0.3, -0.25) is 9.80 Å². The summed E-state index contributed by atoms with van der Waals surface area (Å²) in [5, 5.41) is 0. The van der Waals surface area contributed by atoms with Gasteiger partial charge in [0.25, 0.3) is 0 Å². The number of likely N-dealkylation sites (N-methyl/N-ethyl adjacent to an activating group) is 1. The third-order valence-corrected chi connectivity index (χ3v) is 2.17. The molecule has 0 aromatic heterocycles. The molecular weight excluding hydrogens is 126 g/mol. The van der Waals surface area contributed by atoms with E-state index in [0.29, 0.717) is 6.04 Å². The zero-order chi connectivity index (χ0) is 7.72. The highest BCUT2D eigenvalue weighted by Crippen LogP contribution is 2.10. The molecule has 10 heavy (non-hydrogen) atoms. The second kappa shape index (κ2) is 2.86. The molecule has 0 amide bonds. The quantitative estimate of drug-likeness (QED) is 0.555. The monoisotopic (exact) mass is 143 g/mol. The summed E-state index contributed by atoms with van der Waals surface area (Å²) in [6.45, 7) is 6.56. The molecule has 1 aliphatic rings. The van der Waals surface area contributed by atoms with Crippen molar-refractivity contribution in [2.75, 3.05) is 20.1 Å². The molecule has 0 aromatic rings. The second-order valence-corrected chi connectivity index (χ2v) is 3.23. The minimum Gasteiger partial charge on any atom is -0.303 e. The summed E-state index contributed by atoms with van der Waals surface area (Å²) < 4.78 is 0. The van der Waals surface area contributed by atoms with Gasteiger partial charge in [0.05, 0.1) is 0 Å². The third kappa shape index (κ3) is 1.31. The van der Waals surface area contributed by atoms with Crippen molar-refractivity contribution in [2.45, 2.75) is 26.2 Å². The summed E-state index contributed by atoms with van der Waals surface area (Å²) >= 11 is 0. The SMILES string of the molecule is CC(C)N1CCN(C)C1N. The first-order valence-electron chi connectivity index (χ1n) is 3.84. The van der Waals surface area contributed by atoms with Crippen LogP contribution >= 0.6 is 0 Å². The molecule has 3 nitrogen and oxygen atoms in total. The van der Waals surface area contributed by atoms with Crippen LogP contribution in [0.2, 0.25) is 0 Å². The maximum atomic E-state index is 5.88. The lowest BCUT2D eigenvalue weighted by atomic mass is 10.3. The van der Waals surface area contributed by atoms with E-state index in [-0.39, 0.29) is 6.29 Å². The molecule has 60 valence electrons. The predicted octanol–water partition coefficient (Wildman–Crippen LogP) is -0.115. The fraction of sp³-hybridized carbons (Fsp3) is 1.00. The molecular formula is C7H17N3. The molecule has 3 heteroatoms. The summed E-state index contributed by atoms with van der Waals surface area (Å²) in [4.78, 5) is 4.46. The van der Waals surface area contributed by atoms with E-state index in [2.05, 4.69) is 30.7 Å². The zero-order valence-electron chi connectivity index (χ0n) is 7.04. The molecule has 1 saturated heterocycles. The van der Waals surface area contributed by atoms with E-state index in [0.717, 1.165) is 13.1 Å². The van der Waals surface area contributed by atoms with Gasteiger partial charge < -0.3 is 5.73 Å². The standard InChI is InChI=1S/C7H17N3/c1-6(2)10-5-4-9(3)7(10)8/h6-7H,4-5,8H2,1-3H3. The van der Waals surface area contributed by atoms with E-state index in [9.17, 15) is 0 Å². The van der Waals surface area contributed by atoms with Gasteiger partial charge in [0.2, 0.25) is 0 Å². The van der Waals surface area contributed by atoms with Gasteiger partial charge in [-0.2, -0.15) is 0 Å². The normalized spacial score (nSPS) is 30.3. The molecule has 1 unspecified atom stereocenters. The minimum atomic E-state index is 0.139. The lowest BCUT2D eigenvalue weighted by Crippen LogP contribution is -2.47. The molecule has 0 saturated carbocycles. The maximum absolute atomic E-state index is 5.88. The van der Waals surface area contributed by atoms with Crippen molar-refractivity contribution in [3.63, 3.8) is 0 Å². The first kappa shape index (κ1) is 7.98. The van der Waals surface area contributed by atoms with E-state index in [1.165, 1.54) is 0 Å². The Bertz CT molecular complexity index is 113. The van der Waals surface area contributed by atoms with Crippen LogP contribution in [0, 0.1) is 0 Å². The van der Waals surface area contributed by atoms with Gasteiger partial charge in [0.15, 0.2) is 0 Å². The number of hydrogen-bond donors (Lipinski definition) is 1. The van der Waals surface area contributed by atoms with Gasteiger partial charge in [-0.1, -0.05) is 0 Å². The van der Waals surface area contributed by atoms with Gasteiger partial charge in [0, 0.05) is 19.1 Å². The van der Waals surface area contributed by atoms with E-state index in [1.54, 1.807) is 0 Å². The minimum absolute atomic E-state index is 0.139. The Labute approximate surface area is 62.8 Å². The van der Waals surface area contributed by atoms with Crippen LogP contribution < -0.4 is 5.73 Å². The van der Waals surface area contributed by atoms with Crippen molar-refractivity contribution < 1.29 is 0 Å². The van der Waals surface area contributed by atoms with Gasteiger partial charge in [-0.25, -0.2) is 0 Å². The van der Waals surface area contributed by atoms with Crippen LogP contribution in [0.25, 0.3) is 0 Å². The van der Waals surface area contributed by atoms with E-state index < -0.39 is 0 Å². The Morgan fingerprint density at radius 3 is 2.20 bits per heavy atom. The van der Waals surface area contributed by atoms with Crippen molar-refractivity contribution in [3.8, 4) is 0 Å². The van der Waals surface area contributed by atoms with Crippen LogP contribution in [0.3, 0.4) is 0 Å². The van der Waals surface area contributed by atoms with Crippen LogP contribution in [0.1, 0.15) is 13.8 Å². The summed E-state index contributed by atoms with van der Waals surface area (Å²) in [7, 11) is 2.06. The fourth-order valence-electron chi connectivity index (χ4n) is 1.35. The average molecular weight is 143 g/mol. The average Bonchev–Trinajstić information content (AvgIpc) is 2.14. The van der Waals surface area contributed by atoms with Crippen molar-refractivity contribution in [1.82, 2.24) is 9.80 Å². The summed E-state index contributed by atoms with van der Waals surface area (Å²) in [5.74, 6) is 0. The highest BCUT2D eigenvalue weighted by Gasteiger charge is 2.27. The Morgan fingerprint density at radius 1 is 1.40 bits per heavy atom. The molecule has 0 radical (unpaired) electrons. The van der Waals surface area contributed by atoms with Gasteiger partial charge in [-0.05, 0) is 20.9 Å². The summed E-state index contributed by atoms with van der Waals surface area (Å²) in [5.41, 5.74) is 5.88. The van der Waals surface area contributed by atoms with Gasteiger partial charge in [-0.15, -0.1) is 0 Å². The second-order valence-electron chi connectivity index (χ2n) is 3.23. The number of rotatable bonds is 1. The Morgan fingerprint density at radius 2 is 2.00 bits per heavy atom. The molecule has 1 aliphatic heterocycles. The molecule has 1 rings (SSSR count). The van der Waals surface area contributed by atoms with Crippen molar-refractivity contribution in [3.05, 3.63) is 0 Å². The molecule has 0 bridgehead atoms. The van der Waals surface area contributed by atoms with Crippen LogP contribution in [0.4, 0.5) is 0 Å². The van der Waals surface area contributed by atoms with Gasteiger partial charge >= 0.3 is 0 Å².